The number of benzene rings is 1. The van der Waals surface area contributed by atoms with Crippen molar-refractivity contribution in [1.29, 1.82) is 0 Å². The van der Waals surface area contributed by atoms with Gasteiger partial charge in [0.05, 0.1) is 6.04 Å². The molecular weight excluding hydrogens is 192 g/mol. The maximum Gasteiger partial charge on any atom is 0.415 e. The van der Waals surface area contributed by atoms with Gasteiger partial charge >= 0.3 is 6.09 Å². The van der Waals surface area contributed by atoms with Crippen LogP contribution in [0.15, 0.2) is 24.3 Å². The average Bonchev–Trinajstić information content (AvgIpc) is 2.44. The van der Waals surface area contributed by atoms with E-state index < -0.39 is 0 Å². The van der Waals surface area contributed by atoms with Crippen molar-refractivity contribution in [3.8, 4) is 0 Å². The molecule has 1 amide bonds. The molecule has 0 aliphatic carbocycles. The van der Waals surface area contributed by atoms with Crippen LogP contribution in [0.2, 0.25) is 0 Å². The summed E-state index contributed by atoms with van der Waals surface area (Å²) >= 11 is 0. The lowest BCUT2D eigenvalue weighted by atomic mass is 10.2. The molecule has 0 spiro atoms. The lowest BCUT2D eigenvalue weighted by Crippen LogP contribution is -2.33. The van der Waals surface area contributed by atoms with Gasteiger partial charge in [-0.1, -0.05) is 0 Å². The van der Waals surface area contributed by atoms with Gasteiger partial charge in [-0.05, 0) is 38.1 Å². The minimum atomic E-state index is -0.292. The second-order valence-electron chi connectivity index (χ2n) is 3.79. The number of nitrogen functional groups attached to an aromatic ring is 1. The van der Waals surface area contributed by atoms with Gasteiger partial charge in [-0.25, -0.2) is 4.79 Å². The van der Waals surface area contributed by atoms with E-state index in [0.717, 1.165) is 5.69 Å². The number of hydrogen-bond donors (Lipinski definition) is 1. The predicted molar refractivity (Wildman–Crippen MR) is 58.7 cm³/mol. The maximum absolute atomic E-state index is 11.6. The van der Waals surface area contributed by atoms with Gasteiger partial charge in [0, 0.05) is 11.4 Å². The first-order valence-corrected chi connectivity index (χ1v) is 4.95. The van der Waals surface area contributed by atoms with Crippen LogP contribution >= 0.6 is 0 Å². The zero-order chi connectivity index (χ0) is 11.0. The molecule has 0 saturated carbocycles. The fourth-order valence-electron chi connectivity index (χ4n) is 1.67. The van der Waals surface area contributed by atoms with Crippen molar-refractivity contribution in [3.63, 3.8) is 0 Å². The molecule has 2 rings (SSSR count). The van der Waals surface area contributed by atoms with Gasteiger partial charge in [0.2, 0.25) is 0 Å². The van der Waals surface area contributed by atoms with Crippen LogP contribution in [0.4, 0.5) is 16.2 Å². The van der Waals surface area contributed by atoms with Crippen molar-refractivity contribution in [2.45, 2.75) is 26.0 Å². The maximum atomic E-state index is 11.6. The first kappa shape index (κ1) is 9.83. The second-order valence-corrected chi connectivity index (χ2v) is 3.79. The van der Waals surface area contributed by atoms with E-state index in [1.165, 1.54) is 0 Å². The van der Waals surface area contributed by atoms with Gasteiger partial charge in [-0.15, -0.1) is 0 Å². The van der Waals surface area contributed by atoms with Crippen molar-refractivity contribution < 1.29 is 9.53 Å². The number of amides is 1. The SMILES string of the molecule is CC1OC(=O)N(c2ccc(N)cc2)C1C. The van der Waals surface area contributed by atoms with E-state index in [9.17, 15) is 4.79 Å². The summed E-state index contributed by atoms with van der Waals surface area (Å²) in [5, 5.41) is 0. The number of nitrogens with two attached hydrogens (primary N) is 1. The van der Waals surface area contributed by atoms with Gasteiger partial charge in [-0.3, -0.25) is 4.90 Å². The van der Waals surface area contributed by atoms with Crippen LogP contribution in [0.25, 0.3) is 0 Å². The quantitative estimate of drug-likeness (QED) is 0.715. The van der Waals surface area contributed by atoms with E-state index in [0.29, 0.717) is 5.69 Å². The van der Waals surface area contributed by atoms with Crippen LogP contribution in [-0.4, -0.2) is 18.2 Å². The largest absolute Gasteiger partial charge is 0.444 e. The molecule has 15 heavy (non-hydrogen) atoms. The van der Waals surface area contributed by atoms with Crippen LogP contribution in [0.1, 0.15) is 13.8 Å². The molecule has 1 aliphatic heterocycles. The summed E-state index contributed by atoms with van der Waals surface area (Å²) in [7, 11) is 0. The first-order valence-electron chi connectivity index (χ1n) is 4.95. The zero-order valence-electron chi connectivity index (χ0n) is 8.81. The van der Waals surface area contributed by atoms with E-state index in [1.54, 1.807) is 17.0 Å². The molecular formula is C11H14N2O2. The molecule has 2 atom stereocenters. The van der Waals surface area contributed by atoms with Crippen LogP contribution in [0, 0.1) is 0 Å². The summed E-state index contributed by atoms with van der Waals surface area (Å²) < 4.78 is 5.13. The van der Waals surface area contributed by atoms with Gasteiger partial charge in [0.25, 0.3) is 0 Å². The van der Waals surface area contributed by atoms with E-state index in [4.69, 9.17) is 10.5 Å². The Kier molecular flexibility index (Phi) is 2.26. The Morgan fingerprint density at radius 2 is 1.87 bits per heavy atom. The molecule has 0 bridgehead atoms. The molecule has 4 heteroatoms. The fourth-order valence-corrected chi connectivity index (χ4v) is 1.67. The Bertz CT molecular complexity index is 375. The standard InChI is InChI=1S/C11H14N2O2/c1-7-8(2)15-11(14)13(7)10-5-3-9(12)4-6-10/h3-8H,12H2,1-2H3. The summed E-state index contributed by atoms with van der Waals surface area (Å²) in [6.07, 6.45) is -0.366. The highest BCUT2D eigenvalue weighted by Crippen LogP contribution is 2.26. The van der Waals surface area contributed by atoms with E-state index >= 15 is 0 Å². The molecule has 1 heterocycles. The molecule has 4 nitrogen and oxygen atoms in total. The number of cyclic esters (lactones) is 1. The molecule has 1 aromatic carbocycles. The van der Waals surface area contributed by atoms with Crippen LogP contribution in [0.5, 0.6) is 0 Å². The normalized spacial score (nSPS) is 25.5. The third-order valence-electron chi connectivity index (χ3n) is 2.74. The Hall–Kier alpha value is -1.71. The van der Waals surface area contributed by atoms with Crippen LogP contribution in [-0.2, 0) is 4.74 Å². The molecule has 1 fully saturated rings. The lowest BCUT2D eigenvalue weighted by Gasteiger charge is -2.19. The van der Waals surface area contributed by atoms with Crippen molar-refractivity contribution in [3.05, 3.63) is 24.3 Å². The molecule has 2 N–H and O–H groups in total. The lowest BCUT2D eigenvalue weighted by molar-refractivity contribution is 0.143. The Morgan fingerprint density at radius 1 is 1.27 bits per heavy atom. The highest BCUT2D eigenvalue weighted by atomic mass is 16.6. The number of ether oxygens (including phenoxy) is 1. The zero-order valence-corrected chi connectivity index (χ0v) is 8.81. The number of rotatable bonds is 1. The summed E-state index contributed by atoms with van der Waals surface area (Å²) in [4.78, 5) is 13.2. The van der Waals surface area contributed by atoms with Crippen molar-refractivity contribution in [2.24, 2.45) is 0 Å². The summed E-state index contributed by atoms with van der Waals surface area (Å²) in [6, 6.07) is 7.26. The highest BCUT2D eigenvalue weighted by Gasteiger charge is 2.36. The molecule has 0 radical (unpaired) electrons. The molecule has 80 valence electrons. The van der Waals surface area contributed by atoms with E-state index in [-0.39, 0.29) is 18.2 Å². The number of carbonyl (C=O) groups is 1. The number of hydrogen-bond acceptors (Lipinski definition) is 3. The Balaban J connectivity index is 2.30. The monoisotopic (exact) mass is 206 g/mol. The van der Waals surface area contributed by atoms with Crippen LogP contribution < -0.4 is 10.6 Å². The third kappa shape index (κ3) is 1.63. The number of carbonyl (C=O) groups excluding carboxylic acids is 1. The van der Waals surface area contributed by atoms with E-state index in [1.807, 2.05) is 26.0 Å². The number of nitrogens with zero attached hydrogens (tertiary/aromatic N) is 1. The molecule has 1 saturated heterocycles. The summed E-state index contributed by atoms with van der Waals surface area (Å²) in [5.41, 5.74) is 7.10. The average molecular weight is 206 g/mol. The fraction of sp³-hybridized carbons (Fsp3) is 0.364. The second kappa shape index (κ2) is 3.46. The third-order valence-corrected chi connectivity index (χ3v) is 2.74. The Morgan fingerprint density at radius 3 is 2.33 bits per heavy atom. The Labute approximate surface area is 88.6 Å². The predicted octanol–water partition coefficient (Wildman–Crippen LogP) is 2.00. The van der Waals surface area contributed by atoms with Gasteiger partial charge in [0.15, 0.2) is 0 Å². The number of anilines is 2. The van der Waals surface area contributed by atoms with Crippen molar-refractivity contribution in [2.75, 3.05) is 10.6 Å². The summed E-state index contributed by atoms with van der Waals surface area (Å²) in [6.45, 7) is 3.85. The van der Waals surface area contributed by atoms with Crippen molar-refractivity contribution >= 4 is 17.5 Å². The summed E-state index contributed by atoms with van der Waals surface area (Å²) in [5.74, 6) is 0. The smallest absolute Gasteiger partial charge is 0.415 e. The highest BCUT2D eigenvalue weighted by molar-refractivity contribution is 5.90. The minimum absolute atomic E-state index is 0.0566. The molecule has 1 aromatic rings. The molecule has 0 aromatic heterocycles. The first-order chi connectivity index (χ1) is 7.09. The molecule has 2 unspecified atom stereocenters. The van der Waals surface area contributed by atoms with Crippen LogP contribution in [0.3, 0.4) is 0 Å². The van der Waals surface area contributed by atoms with Gasteiger partial charge in [0.1, 0.15) is 6.10 Å². The van der Waals surface area contributed by atoms with E-state index in [2.05, 4.69) is 0 Å². The topological polar surface area (TPSA) is 55.6 Å². The minimum Gasteiger partial charge on any atom is -0.444 e. The molecule has 1 aliphatic rings. The van der Waals surface area contributed by atoms with Gasteiger partial charge < -0.3 is 10.5 Å². The van der Waals surface area contributed by atoms with Gasteiger partial charge in [-0.2, -0.15) is 0 Å². The van der Waals surface area contributed by atoms with Crippen molar-refractivity contribution in [1.82, 2.24) is 0 Å².